The van der Waals surface area contributed by atoms with E-state index in [0.717, 1.165) is 11.5 Å². The molecule has 0 spiro atoms. The van der Waals surface area contributed by atoms with E-state index in [4.69, 9.17) is 4.42 Å². The number of aryl methyl sites for hydroxylation is 1. The third-order valence-electron chi connectivity index (χ3n) is 1.78. The van der Waals surface area contributed by atoms with Gasteiger partial charge in [0.2, 0.25) is 5.13 Å². The fraction of sp³-hybridized carbons (Fsp3) is 0.182. The predicted octanol–water partition coefficient (Wildman–Crippen LogP) is 3.84. The molecule has 4 nitrogen and oxygen atoms in total. The normalized spacial score (nSPS) is 11.8. The van der Waals surface area contributed by atoms with Crippen molar-refractivity contribution in [2.75, 3.05) is 6.54 Å². The summed E-state index contributed by atoms with van der Waals surface area (Å²) >= 11 is 1.49. The summed E-state index contributed by atoms with van der Waals surface area (Å²) in [7, 11) is 0. The summed E-state index contributed by atoms with van der Waals surface area (Å²) in [4.78, 5) is 4.17. The molecule has 2 rings (SSSR count). The molecule has 82 valence electrons. The van der Waals surface area contributed by atoms with Gasteiger partial charge < -0.3 is 4.42 Å². The van der Waals surface area contributed by atoms with Crippen LogP contribution in [0.5, 0.6) is 0 Å². The van der Waals surface area contributed by atoms with Gasteiger partial charge in [0.25, 0.3) is 0 Å². The molecule has 0 atom stereocenters. The van der Waals surface area contributed by atoms with Crippen LogP contribution in [0.4, 0.5) is 5.13 Å². The molecule has 2 aromatic rings. The van der Waals surface area contributed by atoms with Crippen molar-refractivity contribution in [3.05, 3.63) is 41.3 Å². The lowest BCUT2D eigenvalue weighted by Gasteiger charge is -1.83. The minimum atomic E-state index is 0.527. The van der Waals surface area contributed by atoms with Crippen molar-refractivity contribution < 1.29 is 4.42 Å². The van der Waals surface area contributed by atoms with Gasteiger partial charge in [-0.15, -0.1) is 16.5 Å². The van der Waals surface area contributed by atoms with Gasteiger partial charge in [0.15, 0.2) is 0 Å². The van der Waals surface area contributed by atoms with Crippen molar-refractivity contribution in [2.24, 2.45) is 10.2 Å². The molecule has 0 fully saturated rings. The van der Waals surface area contributed by atoms with Crippen LogP contribution in [0.1, 0.15) is 11.5 Å². The largest absolute Gasteiger partial charge is 0.465 e. The molecular weight excluding hydrogens is 222 g/mol. The van der Waals surface area contributed by atoms with Gasteiger partial charge in [-0.1, -0.05) is 6.08 Å². The van der Waals surface area contributed by atoms with Gasteiger partial charge in [-0.2, -0.15) is 5.11 Å². The fourth-order valence-corrected chi connectivity index (χ4v) is 1.72. The lowest BCUT2D eigenvalue weighted by atomic mass is 10.4. The first kappa shape index (κ1) is 10.8. The van der Waals surface area contributed by atoms with Gasteiger partial charge >= 0.3 is 0 Å². The molecule has 0 saturated carbocycles. The van der Waals surface area contributed by atoms with E-state index in [2.05, 4.69) is 15.2 Å². The van der Waals surface area contributed by atoms with Crippen molar-refractivity contribution in [3.8, 4) is 0 Å². The van der Waals surface area contributed by atoms with E-state index in [-0.39, 0.29) is 0 Å². The topological polar surface area (TPSA) is 50.8 Å². The number of aromatic nitrogens is 1. The number of nitrogens with zero attached hydrogens (tertiary/aromatic N) is 3. The minimum Gasteiger partial charge on any atom is -0.465 e. The van der Waals surface area contributed by atoms with E-state index >= 15 is 0 Å². The molecule has 0 saturated heterocycles. The molecule has 0 aliphatic heterocycles. The monoisotopic (exact) mass is 233 g/mol. The maximum atomic E-state index is 5.13. The third kappa shape index (κ3) is 3.13. The molecule has 16 heavy (non-hydrogen) atoms. The Hall–Kier alpha value is -1.75. The lowest BCUT2D eigenvalue weighted by Crippen LogP contribution is -1.70. The van der Waals surface area contributed by atoms with Crippen LogP contribution < -0.4 is 0 Å². The van der Waals surface area contributed by atoms with Gasteiger partial charge in [0.1, 0.15) is 5.76 Å². The van der Waals surface area contributed by atoms with Crippen LogP contribution in [-0.2, 0) is 0 Å². The summed E-state index contributed by atoms with van der Waals surface area (Å²) in [6.07, 6.45) is 5.40. The number of thiazole rings is 1. The van der Waals surface area contributed by atoms with Crippen LogP contribution in [0.15, 0.2) is 44.5 Å². The quantitative estimate of drug-likeness (QED) is 0.753. The lowest BCUT2D eigenvalue weighted by molar-refractivity contribution is 0.557. The Kier molecular flexibility index (Phi) is 3.61. The molecular formula is C11H11N3OS. The summed E-state index contributed by atoms with van der Waals surface area (Å²) in [6, 6.07) is 3.73. The van der Waals surface area contributed by atoms with E-state index in [9.17, 15) is 0 Å². The summed E-state index contributed by atoms with van der Waals surface area (Å²) in [5.41, 5.74) is 0.977. The Morgan fingerprint density at radius 1 is 1.56 bits per heavy atom. The predicted molar refractivity (Wildman–Crippen MR) is 64.0 cm³/mol. The Morgan fingerprint density at radius 3 is 3.19 bits per heavy atom. The molecule has 2 heterocycles. The van der Waals surface area contributed by atoms with Gasteiger partial charge in [-0.05, 0) is 25.1 Å². The Bertz CT molecular complexity index is 485. The molecule has 0 N–H and O–H groups in total. The fourth-order valence-electron chi connectivity index (χ4n) is 1.09. The smallest absolute Gasteiger partial charge is 0.229 e. The number of rotatable bonds is 4. The second-order valence-electron chi connectivity index (χ2n) is 3.11. The van der Waals surface area contributed by atoms with Gasteiger partial charge in [-0.25, -0.2) is 4.98 Å². The van der Waals surface area contributed by atoms with E-state index in [1.807, 2.05) is 36.6 Å². The highest BCUT2D eigenvalue weighted by Crippen LogP contribution is 2.18. The second kappa shape index (κ2) is 5.37. The summed E-state index contributed by atoms with van der Waals surface area (Å²) < 4.78 is 5.13. The van der Waals surface area contributed by atoms with Crippen molar-refractivity contribution in [3.63, 3.8) is 0 Å². The summed E-state index contributed by atoms with van der Waals surface area (Å²) in [5, 5.41) is 10.6. The van der Waals surface area contributed by atoms with Crippen molar-refractivity contribution in [1.29, 1.82) is 0 Å². The maximum absolute atomic E-state index is 5.13. The highest BCUT2D eigenvalue weighted by atomic mass is 32.1. The molecule has 0 aromatic carbocycles. The highest BCUT2D eigenvalue weighted by molar-refractivity contribution is 7.13. The number of azo groups is 1. The third-order valence-corrected chi connectivity index (χ3v) is 2.62. The van der Waals surface area contributed by atoms with E-state index in [1.165, 1.54) is 11.3 Å². The van der Waals surface area contributed by atoms with Crippen LogP contribution in [-0.4, -0.2) is 11.5 Å². The number of hydrogen-bond donors (Lipinski definition) is 0. The SMILES string of the molecule is Cc1csc(N=NCC=Cc2ccco2)n1. The summed E-state index contributed by atoms with van der Waals surface area (Å²) in [5.74, 6) is 0.820. The first-order chi connectivity index (χ1) is 7.84. The molecule has 0 aliphatic carbocycles. The van der Waals surface area contributed by atoms with E-state index in [1.54, 1.807) is 6.26 Å². The van der Waals surface area contributed by atoms with Crippen LogP contribution in [0.25, 0.3) is 6.08 Å². The Balaban J connectivity index is 1.82. The molecule has 2 aromatic heterocycles. The zero-order valence-electron chi connectivity index (χ0n) is 8.83. The Morgan fingerprint density at radius 2 is 2.50 bits per heavy atom. The zero-order valence-corrected chi connectivity index (χ0v) is 9.65. The van der Waals surface area contributed by atoms with Crippen LogP contribution in [0, 0.1) is 6.92 Å². The molecule has 0 unspecified atom stereocenters. The van der Waals surface area contributed by atoms with Crippen LogP contribution in [0.3, 0.4) is 0 Å². The standard InChI is InChI=1S/C11H11N3OS/c1-9-8-16-11(13-9)14-12-6-2-4-10-5-3-7-15-10/h2-5,7-8H,6H2,1H3. The highest BCUT2D eigenvalue weighted by Gasteiger charge is 1.93. The minimum absolute atomic E-state index is 0.527. The molecule has 0 bridgehead atoms. The van der Waals surface area contributed by atoms with Crippen LogP contribution >= 0.6 is 11.3 Å². The van der Waals surface area contributed by atoms with Crippen LogP contribution in [0.2, 0.25) is 0 Å². The van der Waals surface area contributed by atoms with E-state index in [0.29, 0.717) is 11.7 Å². The molecule has 0 amide bonds. The van der Waals surface area contributed by atoms with E-state index < -0.39 is 0 Å². The van der Waals surface area contributed by atoms with Gasteiger partial charge in [-0.3, -0.25) is 0 Å². The first-order valence-corrected chi connectivity index (χ1v) is 5.72. The average molecular weight is 233 g/mol. The first-order valence-electron chi connectivity index (χ1n) is 4.84. The number of furan rings is 1. The number of hydrogen-bond acceptors (Lipinski definition) is 5. The Labute approximate surface area is 97.4 Å². The molecule has 0 radical (unpaired) electrons. The van der Waals surface area contributed by atoms with Crippen molar-refractivity contribution >= 4 is 22.5 Å². The summed E-state index contributed by atoms with van der Waals surface area (Å²) in [6.45, 7) is 2.46. The van der Waals surface area contributed by atoms with Gasteiger partial charge in [0.05, 0.1) is 18.5 Å². The maximum Gasteiger partial charge on any atom is 0.229 e. The van der Waals surface area contributed by atoms with Gasteiger partial charge in [0, 0.05) is 5.38 Å². The second-order valence-corrected chi connectivity index (χ2v) is 3.95. The average Bonchev–Trinajstić information content (AvgIpc) is 2.89. The van der Waals surface area contributed by atoms with Crippen molar-refractivity contribution in [2.45, 2.75) is 6.92 Å². The van der Waals surface area contributed by atoms with Crippen molar-refractivity contribution in [1.82, 2.24) is 4.98 Å². The molecule has 0 aliphatic rings. The molecule has 5 heteroatoms. The zero-order chi connectivity index (χ0) is 11.2.